The predicted molar refractivity (Wildman–Crippen MR) is 71.4 cm³/mol. The minimum absolute atomic E-state index is 0.0367. The van der Waals surface area contributed by atoms with E-state index in [1.54, 1.807) is 0 Å². The van der Waals surface area contributed by atoms with Gasteiger partial charge in [-0.3, -0.25) is 4.79 Å². The number of hydrogen-bond donors (Lipinski definition) is 1. The Bertz CT molecular complexity index is 631. The fraction of sp³-hybridized carbons (Fsp3) is 0. The summed E-state index contributed by atoms with van der Waals surface area (Å²) in [6.07, 6.45) is 1.14. The van der Waals surface area contributed by atoms with Gasteiger partial charge in [-0.05, 0) is 23.7 Å². The number of anilines is 1. The van der Waals surface area contributed by atoms with E-state index in [-0.39, 0.29) is 26.7 Å². The van der Waals surface area contributed by atoms with Crippen LogP contribution in [-0.2, 0) is 0 Å². The zero-order chi connectivity index (χ0) is 14.0. The topological polar surface area (TPSA) is 54.9 Å². The van der Waals surface area contributed by atoms with Crippen molar-refractivity contribution in [1.29, 1.82) is 0 Å². The number of para-hydroxylation sites is 1. The largest absolute Gasteiger partial charge is 0.318 e. The number of nitrogens with zero attached hydrogens (tertiary/aromatic N) is 2. The number of rotatable bonds is 2. The Kier molecular flexibility index (Phi) is 4.19. The SMILES string of the molecule is O=C(Nc1c(F)cccc1Cl)c1cnc(Cl)nc1Cl. The molecule has 1 aromatic heterocycles. The van der Waals surface area contributed by atoms with Crippen LogP contribution in [0.2, 0.25) is 15.5 Å². The van der Waals surface area contributed by atoms with Crippen molar-refractivity contribution in [2.75, 3.05) is 5.32 Å². The lowest BCUT2D eigenvalue weighted by atomic mass is 10.2. The van der Waals surface area contributed by atoms with Gasteiger partial charge in [0.05, 0.1) is 16.3 Å². The average Bonchev–Trinajstić information content (AvgIpc) is 2.33. The number of hydrogen-bond acceptors (Lipinski definition) is 3. The lowest BCUT2D eigenvalue weighted by Crippen LogP contribution is -2.15. The monoisotopic (exact) mass is 319 g/mol. The molecule has 0 aliphatic rings. The molecular formula is C11H5Cl3FN3O. The van der Waals surface area contributed by atoms with Crippen molar-refractivity contribution in [3.63, 3.8) is 0 Å². The van der Waals surface area contributed by atoms with E-state index in [1.807, 2.05) is 0 Å². The molecule has 0 saturated heterocycles. The van der Waals surface area contributed by atoms with Gasteiger partial charge in [-0.25, -0.2) is 14.4 Å². The van der Waals surface area contributed by atoms with E-state index in [4.69, 9.17) is 34.8 Å². The molecule has 19 heavy (non-hydrogen) atoms. The highest BCUT2D eigenvalue weighted by molar-refractivity contribution is 6.36. The predicted octanol–water partition coefficient (Wildman–Crippen LogP) is 3.83. The zero-order valence-corrected chi connectivity index (χ0v) is 11.4. The number of aromatic nitrogens is 2. The first kappa shape index (κ1) is 14.0. The van der Waals surface area contributed by atoms with Crippen LogP contribution in [0.15, 0.2) is 24.4 Å². The van der Waals surface area contributed by atoms with Crippen LogP contribution in [0.1, 0.15) is 10.4 Å². The Morgan fingerprint density at radius 3 is 2.63 bits per heavy atom. The van der Waals surface area contributed by atoms with Gasteiger partial charge in [0.25, 0.3) is 5.91 Å². The average molecular weight is 321 g/mol. The molecule has 1 amide bonds. The molecule has 0 radical (unpaired) electrons. The van der Waals surface area contributed by atoms with Gasteiger partial charge in [0.1, 0.15) is 11.0 Å². The van der Waals surface area contributed by atoms with E-state index in [0.29, 0.717) is 0 Å². The number of nitrogens with one attached hydrogen (secondary N) is 1. The lowest BCUT2D eigenvalue weighted by molar-refractivity contribution is 0.102. The smallest absolute Gasteiger partial charge is 0.260 e. The fourth-order valence-electron chi connectivity index (χ4n) is 1.29. The van der Waals surface area contributed by atoms with Gasteiger partial charge in [-0.2, -0.15) is 0 Å². The van der Waals surface area contributed by atoms with Crippen molar-refractivity contribution >= 4 is 46.4 Å². The van der Waals surface area contributed by atoms with Crippen LogP contribution in [0.3, 0.4) is 0 Å². The molecule has 1 N–H and O–H groups in total. The Labute approximate surface area is 122 Å². The van der Waals surface area contributed by atoms with E-state index in [0.717, 1.165) is 6.20 Å². The van der Waals surface area contributed by atoms with Crippen molar-refractivity contribution in [2.45, 2.75) is 0 Å². The highest BCUT2D eigenvalue weighted by Crippen LogP contribution is 2.25. The summed E-state index contributed by atoms with van der Waals surface area (Å²) in [6, 6.07) is 4.04. The molecule has 1 heterocycles. The highest BCUT2D eigenvalue weighted by atomic mass is 35.5. The Hall–Kier alpha value is -1.43. The van der Waals surface area contributed by atoms with Crippen LogP contribution in [0, 0.1) is 5.82 Å². The molecule has 98 valence electrons. The third-order valence-corrected chi connectivity index (χ3v) is 2.94. The summed E-state index contributed by atoms with van der Waals surface area (Å²) in [4.78, 5) is 19.1. The third-order valence-electron chi connectivity index (χ3n) is 2.16. The molecule has 0 aliphatic heterocycles. The first-order valence-electron chi connectivity index (χ1n) is 4.92. The summed E-state index contributed by atoms with van der Waals surface area (Å²) in [6.45, 7) is 0. The molecule has 0 spiro atoms. The first-order chi connectivity index (χ1) is 8.99. The van der Waals surface area contributed by atoms with Gasteiger partial charge in [0, 0.05) is 6.20 Å². The van der Waals surface area contributed by atoms with E-state index < -0.39 is 11.7 Å². The van der Waals surface area contributed by atoms with Gasteiger partial charge in [-0.15, -0.1) is 0 Å². The molecule has 0 aliphatic carbocycles. The molecule has 0 atom stereocenters. The Morgan fingerprint density at radius 2 is 2.00 bits per heavy atom. The molecular weight excluding hydrogens is 315 g/mol. The number of amides is 1. The summed E-state index contributed by atoms with van der Waals surface area (Å²) in [7, 11) is 0. The van der Waals surface area contributed by atoms with Gasteiger partial charge < -0.3 is 5.32 Å². The molecule has 0 saturated carbocycles. The van der Waals surface area contributed by atoms with Crippen LogP contribution >= 0.6 is 34.8 Å². The van der Waals surface area contributed by atoms with Crippen LogP contribution < -0.4 is 5.32 Å². The summed E-state index contributed by atoms with van der Waals surface area (Å²) in [5.41, 5.74) is -0.175. The van der Waals surface area contributed by atoms with E-state index >= 15 is 0 Å². The third kappa shape index (κ3) is 3.12. The van der Waals surface area contributed by atoms with E-state index in [2.05, 4.69) is 15.3 Å². The van der Waals surface area contributed by atoms with Crippen molar-refractivity contribution < 1.29 is 9.18 Å². The fourth-order valence-corrected chi connectivity index (χ4v) is 1.89. The zero-order valence-electron chi connectivity index (χ0n) is 9.12. The standard InChI is InChI=1S/C11H5Cl3FN3O/c12-6-2-1-3-7(15)8(6)17-10(19)5-4-16-11(14)18-9(5)13/h1-4H,(H,17,19). The van der Waals surface area contributed by atoms with Crippen molar-refractivity contribution in [3.8, 4) is 0 Å². The summed E-state index contributed by atoms with van der Waals surface area (Å²) < 4.78 is 13.5. The minimum atomic E-state index is -0.686. The lowest BCUT2D eigenvalue weighted by Gasteiger charge is -2.08. The second kappa shape index (κ2) is 5.69. The van der Waals surface area contributed by atoms with Crippen LogP contribution in [0.5, 0.6) is 0 Å². The van der Waals surface area contributed by atoms with Gasteiger partial charge in [-0.1, -0.05) is 29.3 Å². The van der Waals surface area contributed by atoms with E-state index in [9.17, 15) is 9.18 Å². The molecule has 2 rings (SSSR count). The molecule has 2 aromatic rings. The Balaban J connectivity index is 2.31. The number of carbonyl (C=O) groups is 1. The van der Waals surface area contributed by atoms with Crippen molar-refractivity contribution in [2.24, 2.45) is 0 Å². The maximum atomic E-state index is 13.5. The van der Waals surface area contributed by atoms with E-state index in [1.165, 1.54) is 18.2 Å². The second-order valence-electron chi connectivity index (χ2n) is 3.39. The first-order valence-corrected chi connectivity index (χ1v) is 6.06. The minimum Gasteiger partial charge on any atom is -0.318 e. The normalized spacial score (nSPS) is 10.3. The van der Waals surface area contributed by atoms with Crippen molar-refractivity contribution in [1.82, 2.24) is 9.97 Å². The maximum Gasteiger partial charge on any atom is 0.260 e. The molecule has 8 heteroatoms. The Morgan fingerprint density at radius 1 is 1.26 bits per heavy atom. The van der Waals surface area contributed by atoms with Crippen LogP contribution in [0.25, 0.3) is 0 Å². The summed E-state index contributed by atoms with van der Waals surface area (Å²) in [5.74, 6) is -1.35. The molecule has 0 fully saturated rings. The maximum absolute atomic E-state index is 13.5. The van der Waals surface area contributed by atoms with Gasteiger partial charge in [0.15, 0.2) is 0 Å². The van der Waals surface area contributed by atoms with Crippen LogP contribution in [0.4, 0.5) is 10.1 Å². The van der Waals surface area contributed by atoms with Gasteiger partial charge in [0.2, 0.25) is 5.28 Å². The van der Waals surface area contributed by atoms with Crippen LogP contribution in [-0.4, -0.2) is 15.9 Å². The number of carbonyl (C=O) groups excluding carboxylic acids is 1. The summed E-state index contributed by atoms with van der Waals surface area (Å²) >= 11 is 17.0. The molecule has 1 aromatic carbocycles. The van der Waals surface area contributed by atoms with Crippen molar-refractivity contribution in [3.05, 3.63) is 51.2 Å². The molecule has 0 unspecified atom stereocenters. The van der Waals surface area contributed by atoms with Gasteiger partial charge >= 0.3 is 0 Å². The molecule has 0 bridgehead atoms. The second-order valence-corrected chi connectivity index (χ2v) is 4.50. The highest BCUT2D eigenvalue weighted by Gasteiger charge is 2.16. The summed E-state index contributed by atoms with van der Waals surface area (Å²) in [5, 5.41) is 2.14. The number of benzene rings is 1. The quantitative estimate of drug-likeness (QED) is 0.676. The number of halogens is 4. The molecule has 4 nitrogen and oxygen atoms in total.